The first-order valence-corrected chi connectivity index (χ1v) is 6.83. The Bertz CT molecular complexity index is 570. The van der Waals surface area contributed by atoms with Crippen LogP contribution in [0.2, 0.25) is 0 Å². The SMILES string of the molecule is Cc1cc(CN)ccc1-c1ccc(OC2CC2)cc1. The van der Waals surface area contributed by atoms with E-state index in [-0.39, 0.29) is 0 Å². The summed E-state index contributed by atoms with van der Waals surface area (Å²) >= 11 is 0. The third kappa shape index (κ3) is 2.79. The van der Waals surface area contributed by atoms with Gasteiger partial charge in [0.2, 0.25) is 0 Å². The van der Waals surface area contributed by atoms with Crippen molar-refractivity contribution in [1.82, 2.24) is 0 Å². The number of hydrogen-bond acceptors (Lipinski definition) is 2. The number of ether oxygens (including phenoxy) is 1. The van der Waals surface area contributed by atoms with E-state index in [0.29, 0.717) is 12.6 Å². The molecule has 1 aliphatic rings. The van der Waals surface area contributed by atoms with Crippen LogP contribution in [0.5, 0.6) is 5.75 Å². The lowest BCUT2D eigenvalue weighted by Gasteiger charge is -2.09. The second-order valence-corrected chi connectivity index (χ2v) is 5.19. The Labute approximate surface area is 114 Å². The smallest absolute Gasteiger partial charge is 0.119 e. The van der Waals surface area contributed by atoms with E-state index in [2.05, 4.69) is 49.4 Å². The maximum Gasteiger partial charge on any atom is 0.119 e. The summed E-state index contributed by atoms with van der Waals surface area (Å²) in [5, 5.41) is 0. The van der Waals surface area contributed by atoms with Crippen molar-refractivity contribution >= 4 is 0 Å². The molecular weight excluding hydrogens is 234 g/mol. The van der Waals surface area contributed by atoms with E-state index < -0.39 is 0 Å². The first-order chi connectivity index (χ1) is 9.26. The van der Waals surface area contributed by atoms with Gasteiger partial charge in [-0.2, -0.15) is 0 Å². The van der Waals surface area contributed by atoms with Crippen molar-refractivity contribution in [2.45, 2.75) is 32.4 Å². The average molecular weight is 253 g/mol. The Morgan fingerprint density at radius 1 is 1.11 bits per heavy atom. The van der Waals surface area contributed by atoms with E-state index in [4.69, 9.17) is 10.5 Å². The minimum Gasteiger partial charge on any atom is -0.490 e. The van der Waals surface area contributed by atoms with Gasteiger partial charge in [-0.15, -0.1) is 0 Å². The van der Waals surface area contributed by atoms with Crippen LogP contribution in [0.3, 0.4) is 0 Å². The van der Waals surface area contributed by atoms with Crippen LogP contribution in [0.4, 0.5) is 0 Å². The van der Waals surface area contributed by atoms with Crippen LogP contribution in [-0.2, 0) is 6.54 Å². The zero-order valence-corrected chi connectivity index (χ0v) is 11.2. The van der Waals surface area contributed by atoms with E-state index in [1.54, 1.807) is 0 Å². The van der Waals surface area contributed by atoms with Gasteiger partial charge in [0.05, 0.1) is 6.10 Å². The van der Waals surface area contributed by atoms with Gasteiger partial charge in [-0.3, -0.25) is 0 Å². The number of nitrogens with two attached hydrogens (primary N) is 1. The molecule has 0 atom stereocenters. The highest BCUT2D eigenvalue weighted by atomic mass is 16.5. The van der Waals surface area contributed by atoms with Gasteiger partial charge in [0.15, 0.2) is 0 Å². The third-order valence-corrected chi connectivity index (χ3v) is 3.52. The quantitative estimate of drug-likeness (QED) is 0.902. The van der Waals surface area contributed by atoms with E-state index in [1.807, 2.05) is 0 Å². The zero-order valence-electron chi connectivity index (χ0n) is 11.2. The molecule has 1 saturated carbocycles. The van der Waals surface area contributed by atoms with Crippen molar-refractivity contribution in [3.63, 3.8) is 0 Å². The molecule has 0 heterocycles. The van der Waals surface area contributed by atoms with Crippen LogP contribution in [0.25, 0.3) is 11.1 Å². The molecular formula is C17H19NO. The predicted octanol–water partition coefficient (Wildman–Crippen LogP) is 3.66. The van der Waals surface area contributed by atoms with E-state index in [1.165, 1.54) is 35.1 Å². The van der Waals surface area contributed by atoms with Gasteiger partial charge in [0.1, 0.15) is 5.75 Å². The molecule has 2 N–H and O–H groups in total. The maximum atomic E-state index is 5.77. The molecule has 0 aliphatic heterocycles. The molecule has 0 unspecified atom stereocenters. The zero-order chi connectivity index (χ0) is 13.2. The van der Waals surface area contributed by atoms with E-state index in [9.17, 15) is 0 Å². The highest BCUT2D eigenvalue weighted by Crippen LogP contribution is 2.30. The van der Waals surface area contributed by atoms with Gasteiger partial charge in [-0.05, 0) is 54.2 Å². The van der Waals surface area contributed by atoms with Crippen LogP contribution in [0.1, 0.15) is 24.0 Å². The second-order valence-electron chi connectivity index (χ2n) is 5.19. The van der Waals surface area contributed by atoms with Gasteiger partial charge in [0, 0.05) is 6.54 Å². The Hall–Kier alpha value is -1.80. The summed E-state index contributed by atoms with van der Waals surface area (Å²) in [5.41, 5.74) is 10.6. The molecule has 2 nitrogen and oxygen atoms in total. The van der Waals surface area contributed by atoms with Gasteiger partial charge >= 0.3 is 0 Å². The van der Waals surface area contributed by atoms with Gasteiger partial charge in [0.25, 0.3) is 0 Å². The Morgan fingerprint density at radius 2 is 1.84 bits per heavy atom. The predicted molar refractivity (Wildman–Crippen MR) is 78.2 cm³/mol. The molecule has 0 saturated heterocycles. The lowest BCUT2D eigenvalue weighted by atomic mass is 9.98. The number of aryl methyl sites for hydroxylation is 1. The minimum absolute atomic E-state index is 0.455. The topological polar surface area (TPSA) is 35.2 Å². The van der Waals surface area contributed by atoms with E-state index >= 15 is 0 Å². The Balaban J connectivity index is 1.84. The molecule has 0 bridgehead atoms. The second kappa shape index (κ2) is 5.06. The molecule has 2 heteroatoms. The van der Waals surface area contributed by atoms with Crippen molar-refractivity contribution in [2.75, 3.05) is 0 Å². The molecule has 2 aromatic carbocycles. The summed E-state index contributed by atoms with van der Waals surface area (Å²) in [6.45, 7) is 2.72. The largest absolute Gasteiger partial charge is 0.490 e. The summed E-state index contributed by atoms with van der Waals surface area (Å²) in [6, 6.07) is 14.8. The monoisotopic (exact) mass is 253 g/mol. The fourth-order valence-electron chi connectivity index (χ4n) is 2.27. The lowest BCUT2D eigenvalue weighted by Crippen LogP contribution is -1.97. The first kappa shape index (κ1) is 12.2. The molecule has 1 fully saturated rings. The molecule has 98 valence electrons. The third-order valence-electron chi connectivity index (χ3n) is 3.52. The fourth-order valence-corrected chi connectivity index (χ4v) is 2.27. The molecule has 19 heavy (non-hydrogen) atoms. The van der Waals surface area contributed by atoms with Crippen molar-refractivity contribution in [3.05, 3.63) is 53.6 Å². The molecule has 2 aromatic rings. The van der Waals surface area contributed by atoms with Gasteiger partial charge < -0.3 is 10.5 Å². The van der Waals surface area contributed by atoms with Gasteiger partial charge in [-0.25, -0.2) is 0 Å². The van der Waals surface area contributed by atoms with Crippen LogP contribution >= 0.6 is 0 Å². The van der Waals surface area contributed by atoms with Crippen LogP contribution < -0.4 is 10.5 Å². The number of benzene rings is 2. The molecule has 0 aromatic heterocycles. The maximum absolute atomic E-state index is 5.77. The standard InChI is InChI=1S/C17H19NO/c1-12-10-13(11-18)2-9-17(12)14-3-5-15(6-4-14)19-16-7-8-16/h2-6,9-10,16H,7-8,11,18H2,1H3. The molecule has 0 spiro atoms. The van der Waals surface area contributed by atoms with Crippen molar-refractivity contribution < 1.29 is 4.74 Å². The van der Waals surface area contributed by atoms with Gasteiger partial charge in [-0.1, -0.05) is 30.3 Å². The molecule has 0 amide bonds. The highest BCUT2D eigenvalue weighted by molar-refractivity contribution is 5.68. The lowest BCUT2D eigenvalue weighted by molar-refractivity contribution is 0.303. The fraction of sp³-hybridized carbons (Fsp3) is 0.294. The molecule has 3 rings (SSSR count). The summed E-state index contributed by atoms with van der Waals surface area (Å²) in [4.78, 5) is 0. The first-order valence-electron chi connectivity index (χ1n) is 6.83. The summed E-state index contributed by atoms with van der Waals surface area (Å²) in [6.07, 6.45) is 2.85. The summed E-state index contributed by atoms with van der Waals surface area (Å²) < 4.78 is 5.77. The average Bonchev–Trinajstić information content (AvgIpc) is 3.24. The molecule has 0 radical (unpaired) electrons. The summed E-state index contributed by atoms with van der Waals surface area (Å²) in [7, 11) is 0. The van der Waals surface area contributed by atoms with Crippen molar-refractivity contribution in [1.29, 1.82) is 0 Å². The van der Waals surface area contributed by atoms with Crippen molar-refractivity contribution in [3.8, 4) is 16.9 Å². The van der Waals surface area contributed by atoms with Crippen LogP contribution in [-0.4, -0.2) is 6.10 Å². The normalized spacial score (nSPS) is 14.4. The Kier molecular flexibility index (Phi) is 3.26. The Morgan fingerprint density at radius 3 is 2.42 bits per heavy atom. The van der Waals surface area contributed by atoms with E-state index in [0.717, 1.165) is 5.75 Å². The van der Waals surface area contributed by atoms with Crippen LogP contribution in [0.15, 0.2) is 42.5 Å². The number of hydrogen-bond donors (Lipinski definition) is 1. The number of rotatable bonds is 4. The summed E-state index contributed by atoms with van der Waals surface area (Å²) in [5.74, 6) is 0.975. The minimum atomic E-state index is 0.455. The highest BCUT2D eigenvalue weighted by Gasteiger charge is 2.23. The van der Waals surface area contributed by atoms with Crippen molar-refractivity contribution in [2.24, 2.45) is 5.73 Å². The molecule has 1 aliphatic carbocycles. The van der Waals surface area contributed by atoms with Crippen LogP contribution in [0, 0.1) is 6.92 Å².